The zero-order chi connectivity index (χ0) is 27.5. The van der Waals surface area contributed by atoms with E-state index in [9.17, 15) is 14.4 Å². The fourth-order valence-electron chi connectivity index (χ4n) is 3.12. The van der Waals surface area contributed by atoms with Crippen LogP contribution in [-0.2, 0) is 14.3 Å². The second-order valence-electron chi connectivity index (χ2n) is 10.2. The fraction of sp³-hybridized carbons (Fsp3) is 0.400. The van der Waals surface area contributed by atoms with Crippen LogP contribution in [0.2, 0.25) is 0 Å². The van der Waals surface area contributed by atoms with Crippen molar-refractivity contribution in [3.8, 4) is 17.6 Å². The Hall–Kier alpha value is -4.53. The average molecular weight is 508 g/mol. The molecule has 0 saturated carbocycles. The third-order valence-electron chi connectivity index (χ3n) is 4.49. The topological polar surface area (TPSA) is 163 Å². The molecule has 0 fully saturated rings. The summed E-state index contributed by atoms with van der Waals surface area (Å²) in [5.74, 6) is -0.662. The van der Waals surface area contributed by atoms with E-state index in [0.717, 1.165) is 11.8 Å². The summed E-state index contributed by atoms with van der Waals surface area (Å²) in [5.41, 5.74) is 0.368. The molecule has 2 heterocycles. The number of imide groups is 1. The standard InChI is InChI=1S/C25H29N7O5/c1-14-8-9-15-16(12-14)29-20(28-15)19-21(27-13-17(31-19)30-18(33)10-11-26)32(22(34)36-24(2,3)4)23(35)37-25(5,6)7/h8-9,12-13H,10H2,1-7H3,(H,28,29)(H,30,31,33). The van der Waals surface area contributed by atoms with Crippen LogP contribution in [0.25, 0.3) is 22.6 Å². The predicted octanol–water partition coefficient (Wildman–Crippen LogP) is 4.86. The highest BCUT2D eigenvalue weighted by Gasteiger charge is 2.36. The fourth-order valence-corrected chi connectivity index (χ4v) is 3.12. The number of amides is 3. The summed E-state index contributed by atoms with van der Waals surface area (Å²) in [7, 11) is 0. The van der Waals surface area contributed by atoms with Crippen LogP contribution in [0.15, 0.2) is 24.4 Å². The summed E-state index contributed by atoms with van der Waals surface area (Å²) >= 11 is 0. The van der Waals surface area contributed by atoms with Gasteiger partial charge >= 0.3 is 12.2 Å². The molecule has 0 aliphatic rings. The van der Waals surface area contributed by atoms with Gasteiger partial charge in [-0.05, 0) is 66.2 Å². The smallest absolute Gasteiger partial charge is 0.425 e. The lowest BCUT2D eigenvalue weighted by Gasteiger charge is -2.28. The van der Waals surface area contributed by atoms with Crippen LogP contribution in [0.4, 0.5) is 21.2 Å². The van der Waals surface area contributed by atoms with E-state index in [2.05, 4.69) is 25.3 Å². The Bertz CT molecular complexity index is 1370. The minimum Gasteiger partial charge on any atom is -0.443 e. The number of fused-ring (bicyclic) bond motifs is 1. The van der Waals surface area contributed by atoms with E-state index < -0.39 is 35.7 Å². The van der Waals surface area contributed by atoms with Crippen LogP contribution in [0, 0.1) is 18.3 Å². The number of H-pyrrole nitrogens is 1. The summed E-state index contributed by atoms with van der Waals surface area (Å²) in [6.45, 7) is 11.8. The minimum atomic E-state index is -1.04. The van der Waals surface area contributed by atoms with Gasteiger partial charge in [-0.25, -0.2) is 24.5 Å². The van der Waals surface area contributed by atoms with Crippen molar-refractivity contribution in [2.24, 2.45) is 0 Å². The molecule has 3 rings (SSSR count). The molecular formula is C25H29N7O5. The van der Waals surface area contributed by atoms with Crippen molar-refractivity contribution in [1.29, 1.82) is 5.26 Å². The highest BCUT2D eigenvalue weighted by molar-refractivity contribution is 6.10. The molecule has 3 aromatic rings. The number of benzene rings is 1. The van der Waals surface area contributed by atoms with Crippen molar-refractivity contribution in [3.05, 3.63) is 30.0 Å². The van der Waals surface area contributed by atoms with Crippen LogP contribution < -0.4 is 10.2 Å². The maximum atomic E-state index is 13.2. The Morgan fingerprint density at radius 1 is 1.05 bits per heavy atom. The summed E-state index contributed by atoms with van der Waals surface area (Å²) in [6.07, 6.45) is -1.32. The number of imidazole rings is 1. The normalized spacial score (nSPS) is 11.5. The van der Waals surface area contributed by atoms with Gasteiger partial charge in [0.1, 0.15) is 17.6 Å². The molecule has 3 amide bonds. The Labute approximate surface area is 214 Å². The molecule has 0 radical (unpaired) electrons. The zero-order valence-electron chi connectivity index (χ0n) is 21.8. The van der Waals surface area contributed by atoms with Gasteiger partial charge in [-0.1, -0.05) is 6.07 Å². The van der Waals surface area contributed by atoms with Gasteiger partial charge in [0.05, 0.1) is 23.3 Å². The van der Waals surface area contributed by atoms with Gasteiger partial charge < -0.3 is 19.8 Å². The number of ether oxygens (including phenoxy) is 2. The monoisotopic (exact) mass is 507 g/mol. The number of carbonyl (C=O) groups is 3. The summed E-state index contributed by atoms with van der Waals surface area (Å²) < 4.78 is 10.9. The molecular weight excluding hydrogens is 478 g/mol. The van der Waals surface area contributed by atoms with Crippen molar-refractivity contribution in [1.82, 2.24) is 19.9 Å². The number of hydrogen-bond donors (Lipinski definition) is 2. The molecule has 2 aromatic heterocycles. The second-order valence-corrected chi connectivity index (χ2v) is 10.2. The molecule has 0 saturated heterocycles. The lowest BCUT2D eigenvalue weighted by Crippen LogP contribution is -2.44. The highest BCUT2D eigenvalue weighted by atomic mass is 16.6. The number of nitriles is 1. The predicted molar refractivity (Wildman–Crippen MR) is 136 cm³/mol. The molecule has 0 unspecified atom stereocenters. The van der Waals surface area contributed by atoms with E-state index in [1.54, 1.807) is 53.7 Å². The summed E-state index contributed by atoms with van der Waals surface area (Å²) in [4.78, 5) is 55.4. The van der Waals surface area contributed by atoms with Crippen LogP contribution in [0.1, 0.15) is 53.5 Å². The number of aromatic nitrogens is 4. The van der Waals surface area contributed by atoms with Gasteiger partial charge in [0.15, 0.2) is 23.2 Å². The average Bonchev–Trinajstić information content (AvgIpc) is 3.15. The van der Waals surface area contributed by atoms with Gasteiger partial charge in [-0.2, -0.15) is 10.2 Å². The molecule has 0 atom stereocenters. The number of rotatable bonds is 4. The summed E-state index contributed by atoms with van der Waals surface area (Å²) in [6, 6.07) is 7.30. The first-order valence-electron chi connectivity index (χ1n) is 11.4. The number of aromatic amines is 1. The van der Waals surface area contributed by atoms with Crippen molar-refractivity contribution >= 4 is 40.8 Å². The van der Waals surface area contributed by atoms with Crippen LogP contribution in [0.3, 0.4) is 0 Å². The minimum absolute atomic E-state index is 0.0102. The molecule has 37 heavy (non-hydrogen) atoms. The Balaban J connectivity index is 2.22. The van der Waals surface area contributed by atoms with E-state index in [1.165, 1.54) is 0 Å². The lowest BCUT2D eigenvalue weighted by molar-refractivity contribution is -0.115. The van der Waals surface area contributed by atoms with Crippen molar-refractivity contribution < 1.29 is 23.9 Å². The first-order chi connectivity index (χ1) is 17.2. The summed E-state index contributed by atoms with van der Waals surface area (Å²) in [5, 5.41) is 11.3. The van der Waals surface area contributed by atoms with E-state index in [4.69, 9.17) is 14.7 Å². The third kappa shape index (κ3) is 7.00. The molecule has 1 aromatic carbocycles. The van der Waals surface area contributed by atoms with Crippen molar-refractivity contribution in [3.63, 3.8) is 0 Å². The number of nitrogens with zero attached hydrogens (tertiary/aromatic N) is 5. The number of nitrogens with one attached hydrogen (secondary N) is 2. The highest BCUT2D eigenvalue weighted by Crippen LogP contribution is 2.31. The van der Waals surface area contributed by atoms with E-state index in [-0.39, 0.29) is 23.2 Å². The molecule has 12 nitrogen and oxygen atoms in total. The Morgan fingerprint density at radius 3 is 2.24 bits per heavy atom. The number of anilines is 2. The molecule has 0 aliphatic carbocycles. The Kier molecular flexibility index (Phi) is 7.48. The lowest BCUT2D eigenvalue weighted by atomic mass is 10.2. The maximum Gasteiger partial charge on any atom is 0.425 e. The molecule has 12 heteroatoms. The Morgan fingerprint density at radius 2 is 1.68 bits per heavy atom. The molecule has 194 valence electrons. The van der Waals surface area contributed by atoms with Crippen LogP contribution >= 0.6 is 0 Å². The van der Waals surface area contributed by atoms with Gasteiger partial charge in [0, 0.05) is 0 Å². The van der Waals surface area contributed by atoms with Gasteiger partial charge in [-0.3, -0.25) is 4.79 Å². The van der Waals surface area contributed by atoms with Crippen LogP contribution in [0.5, 0.6) is 0 Å². The van der Waals surface area contributed by atoms with E-state index >= 15 is 0 Å². The molecule has 0 bridgehead atoms. The van der Waals surface area contributed by atoms with Crippen LogP contribution in [-0.4, -0.2) is 49.2 Å². The first kappa shape index (κ1) is 27.1. The number of carbonyl (C=O) groups excluding carboxylic acids is 3. The number of aryl methyl sites for hydroxylation is 1. The largest absolute Gasteiger partial charge is 0.443 e. The molecule has 0 aliphatic heterocycles. The van der Waals surface area contributed by atoms with Crippen molar-refractivity contribution in [2.75, 3.05) is 10.2 Å². The van der Waals surface area contributed by atoms with E-state index in [1.807, 2.05) is 19.1 Å². The third-order valence-corrected chi connectivity index (χ3v) is 4.49. The number of hydrogen-bond acceptors (Lipinski definition) is 9. The maximum absolute atomic E-state index is 13.2. The van der Waals surface area contributed by atoms with Crippen molar-refractivity contribution in [2.45, 2.75) is 66.1 Å². The van der Waals surface area contributed by atoms with Gasteiger partial charge in [0.2, 0.25) is 5.91 Å². The zero-order valence-corrected chi connectivity index (χ0v) is 21.8. The first-order valence-corrected chi connectivity index (χ1v) is 11.4. The molecule has 0 spiro atoms. The van der Waals surface area contributed by atoms with Gasteiger partial charge in [0.25, 0.3) is 0 Å². The van der Waals surface area contributed by atoms with Gasteiger partial charge in [-0.15, -0.1) is 0 Å². The molecule has 2 N–H and O–H groups in total. The quantitative estimate of drug-likeness (QED) is 0.502. The SMILES string of the molecule is Cc1ccc2nc(-c3nc(NC(=O)CC#N)cnc3N(C(=O)OC(C)(C)C)C(=O)OC(C)(C)C)[nH]c2c1. The second kappa shape index (κ2) is 10.2. The van der Waals surface area contributed by atoms with E-state index in [0.29, 0.717) is 15.9 Å².